The topological polar surface area (TPSA) is 18.5 Å². The fraction of sp³-hybridized carbons (Fsp3) is 0.143. The molecule has 0 amide bonds. The summed E-state index contributed by atoms with van der Waals surface area (Å²) in [6, 6.07) is 26.5. The van der Waals surface area contributed by atoms with Crippen LogP contribution in [0.3, 0.4) is 0 Å². The van der Waals surface area contributed by atoms with Crippen LogP contribution >= 0.6 is 0 Å². The van der Waals surface area contributed by atoms with E-state index in [4.69, 9.17) is 9.47 Å². The van der Waals surface area contributed by atoms with E-state index in [1.54, 1.807) is 0 Å². The number of benzene rings is 3. The van der Waals surface area contributed by atoms with Gasteiger partial charge in [-0.25, -0.2) is 0 Å². The van der Waals surface area contributed by atoms with Crippen molar-refractivity contribution in [3.8, 4) is 22.6 Å². The first-order valence-electron chi connectivity index (χ1n) is 7.79. The maximum atomic E-state index is 5.73. The maximum absolute atomic E-state index is 5.73. The molecule has 3 rings (SSSR count). The van der Waals surface area contributed by atoms with Gasteiger partial charge in [-0.15, -0.1) is 0 Å². The molecule has 2 nitrogen and oxygen atoms in total. The largest absolute Gasteiger partial charge is 0.490 e. The molecule has 23 heavy (non-hydrogen) atoms. The molecule has 3 aromatic carbocycles. The summed E-state index contributed by atoms with van der Waals surface area (Å²) in [7, 11) is 0. The molecule has 0 unspecified atom stereocenters. The summed E-state index contributed by atoms with van der Waals surface area (Å²) in [5.74, 6) is 1.77. The number of aryl methyl sites for hydroxylation is 1. The maximum Gasteiger partial charge on any atom is 0.122 e. The highest BCUT2D eigenvalue weighted by Crippen LogP contribution is 2.22. The van der Waals surface area contributed by atoms with Crippen LogP contribution in [0.2, 0.25) is 0 Å². The van der Waals surface area contributed by atoms with E-state index in [-0.39, 0.29) is 0 Å². The smallest absolute Gasteiger partial charge is 0.122 e. The summed E-state index contributed by atoms with van der Waals surface area (Å²) < 4.78 is 11.5. The van der Waals surface area contributed by atoms with Gasteiger partial charge >= 0.3 is 0 Å². The third kappa shape index (κ3) is 4.13. The van der Waals surface area contributed by atoms with Crippen LogP contribution in [0.5, 0.6) is 11.5 Å². The molecule has 0 saturated carbocycles. The van der Waals surface area contributed by atoms with Crippen LogP contribution in [0, 0.1) is 6.92 Å². The van der Waals surface area contributed by atoms with Crippen LogP contribution in [-0.2, 0) is 0 Å². The fourth-order valence-electron chi connectivity index (χ4n) is 2.40. The standard InChI is InChI=1S/C21H20O2/c1-17-7-5-6-10-21(17)23-16-15-22-20-13-11-19(12-14-20)18-8-3-2-4-9-18/h2-14H,15-16H2,1H3. The van der Waals surface area contributed by atoms with Crippen molar-refractivity contribution in [1.29, 1.82) is 0 Å². The molecule has 3 aromatic rings. The molecule has 0 fully saturated rings. The van der Waals surface area contributed by atoms with Gasteiger partial charge in [-0.1, -0.05) is 60.7 Å². The molecular formula is C21H20O2. The Kier molecular flexibility index (Phi) is 4.95. The van der Waals surface area contributed by atoms with Crippen molar-refractivity contribution in [3.63, 3.8) is 0 Å². The first-order chi connectivity index (χ1) is 11.3. The van der Waals surface area contributed by atoms with Crippen molar-refractivity contribution in [3.05, 3.63) is 84.4 Å². The Labute approximate surface area is 137 Å². The summed E-state index contributed by atoms with van der Waals surface area (Å²) in [6.45, 7) is 3.10. The van der Waals surface area contributed by atoms with Crippen molar-refractivity contribution in [2.45, 2.75) is 6.92 Å². The molecular weight excluding hydrogens is 284 g/mol. The number of hydrogen-bond acceptors (Lipinski definition) is 2. The van der Waals surface area contributed by atoms with Gasteiger partial charge < -0.3 is 9.47 Å². The predicted octanol–water partition coefficient (Wildman–Crippen LogP) is 5.12. The Balaban J connectivity index is 1.50. The number of hydrogen-bond donors (Lipinski definition) is 0. The highest BCUT2D eigenvalue weighted by molar-refractivity contribution is 5.63. The third-order valence-corrected chi connectivity index (χ3v) is 3.66. The highest BCUT2D eigenvalue weighted by Gasteiger charge is 2.00. The summed E-state index contributed by atoms with van der Waals surface area (Å²) in [5, 5.41) is 0. The van der Waals surface area contributed by atoms with E-state index in [2.05, 4.69) is 24.3 Å². The Hall–Kier alpha value is -2.74. The molecule has 0 bridgehead atoms. The van der Waals surface area contributed by atoms with E-state index in [1.165, 1.54) is 11.1 Å². The predicted molar refractivity (Wildman–Crippen MR) is 94.0 cm³/mol. The molecule has 0 spiro atoms. The van der Waals surface area contributed by atoms with Gasteiger partial charge in [-0.05, 0) is 41.8 Å². The fourth-order valence-corrected chi connectivity index (χ4v) is 2.40. The zero-order chi connectivity index (χ0) is 15.9. The minimum Gasteiger partial charge on any atom is -0.490 e. The van der Waals surface area contributed by atoms with Gasteiger partial charge in [-0.3, -0.25) is 0 Å². The lowest BCUT2D eigenvalue weighted by Crippen LogP contribution is -2.09. The molecule has 0 radical (unpaired) electrons. The quantitative estimate of drug-likeness (QED) is 0.588. The molecule has 0 aromatic heterocycles. The van der Waals surface area contributed by atoms with Gasteiger partial charge in [0, 0.05) is 0 Å². The van der Waals surface area contributed by atoms with Gasteiger partial charge in [0.05, 0.1) is 0 Å². The Morgan fingerprint density at radius 3 is 1.96 bits per heavy atom. The molecule has 0 atom stereocenters. The van der Waals surface area contributed by atoms with Gasteiger partial charge in [0.25, 0.3) is 0 Å². The Morgan fingerprint density at radius 1 is 0.609 bits per heavy atom. The molecule has 0 saturated heterocycles. The van der Waals surface area contributed by atoms with E-state index in [0.29, 0.717) is 13.2 Å². The van der Waals surface area contributed by atoms with E-state index in [9.17, 15) is 0 Å². The normalized spacial score (nSPS) is 10.3. The van der Waals surface area contributed by atoms with Gasteiger partial charge in [-0.2, -0.15) is 0 Å². The summed E-state index contributed by atoms with van der Waals surface area (Å²) >= 11 is 0. The molecule has 2 heteroatoms. The average molecular weight is 304 g/mol. The Morgan fingerprint density at radius 2 is 1.22 bits per heavy atom. The van der Waals surface area contributed by atoms with Crippen molar-refractivity contribution in [2.75, 3.05) is 13.2 Å². The molecule has 0 aliphatic rings. The molecule has 0 aliphatic carbocycles. The minimum atomic E-state index is 0.527. The lowest BCUT2D eigenvalue weighted by Gasteiger charge is -2.10. The summed E-state index contributed by atoms with van der Waals surface area (Å²) in [6.07, 6.45) is 0. The molecule has 0 aliphatic heterocycles. The zero-order valence-corrected chi connectivity index (χ0v) is 13.2. The Bertz CT molecular complexity index is 733. The molecule has 0 heterocycles. The second-order valence-corrected chi connectivity index (χ2v) is 5.35. The molecule has 0 N–H and O–H groups in total. The van der Waals surface area contributed by atoms with Crippen LogP contribution in [0.4, 0.5) is 0 Å². The summed E-state index contributed by atoms with van der Waals surface area (Å²) in [4.78, 5) is 0. The second-order valence-electron chi connectivity index (χ2n) is 5.35. The van der Waals surface area contributed by atoms with Gasteiger partial charge in [0.1, 0.15) is 24.7 Å². The first-order valence-corrected chi connectivity index (χ1v) is 7.79. The summed E-state index contributed by atoms with van der Waals surface area (Å²) in [5.41, 5.74) is 3.54. The van der Waals surface area contributed by atoms with Crippen LogP contribution in [0.25, 0.3) is 11.1 Å². The van der Waals surface area contributed by atoms with Crippen molar-refractivity contribution < 1.29 is 9.47 Å². The van der Waals surface area contributed by atoms with Crippen LogP contribution in [-0.4, -0.2) is 13.2 Å². The minimum absolute atomic E-state index is 0.527. The average Bonchev–Trinajstić information content (AvgIpc) is 2.61. The lowest BCUT2D eigenvalue weighted by atomic mass is 10.1. The number of ether oxygens (including phenoxy) is 2. The van der Waals surface area contributed by atoms with Crippen LogP contribution in [0.15, 0.2) is 78.9 Å². The zero-order valence-electron chi connectivity index (χ0n) is 13.2. The highest BCUT2D eigenvalue weighted by atomic mass is 16.5. The van der Waals surface area contributed by atoms with Crippen molar-refractivity contribution in [2.24, 2.45) is 0 Å². The SMILES string of the molecule is Cc1ccccc1OCCOc1ccc(-c2ccccc2)cc1. The van der Waals surface area contributed by atoms with Gasteiger partial charge in [0.2, 0.25) is 0 Å². The second kappa shape index (κ2) is 7.50. The van der Waals surface area contributed by atoms with E-state index in [1.807, 2.05) is 61.5 Å². The van der Waals surface area contributed by atoms with Crippen molar-refractivity contribution >= 4 is 0 Å². The van der Waals surface area contributed by atoms with Crippen LogP contribution in [0.1, 0.15) is 5.56 Å². The number of para-hydroxylation sites is 1. The molecule has 116 valence electrons. The van der Waals surface area contributed by atoms with Crippen LogP contribution < -0.4 is 9.47 Å². The first kappa shape index (κ1) is 15.2. The number of rotatable bonds is 6. The third-order valence-electron chi connectivity index (χ3n) is 3.66. The van der Waals surface area contributed by atoms with E-state index in [0.717, 1.165) is 17.1 Å². The lowest BCUT2D eigenvalue weighted by molar-refractivity contribution is 0.216. The monoisotopic (exact) mass is 304 g/mol. The van der Waals surface area contributed by atoms with E-state index < -0.39 is 0 Å². The van der Waals surface area contributed by atoms with E-state index >= 15 is 0 Å². The van der Waals surface area contributed by atoms with Gasteiger partial charge in [0.15, 0.2) is 0 Å². The van der Waals surface area contributed by atoms with Crippen molar-refractivity contribution in [1.82, 2.24) is 0 Å².